The van der Waals surface area contributed by atoms with E-state index < -0.39 is 41.2 Å². The van der Waals surface area contributed by atoms with Gasteiger partial charge in [0.15, 0.2) is 0 Å². The number of nitrogens with zero attached hydrogens (tertiary/aromatic N) is 1. The highest BCUT2D eigenvalue weighted by Crippen LogP contribution is 2.27. The van der Waals surface area contributed by atoms with Crippen LogP contribution in [0.25, 0.3) is 0 Å². The summed E-state index contributed by atoms with van der Waals surface area (Å²) in [4.78, 5) is 15.2. The second kappa shape index (κ2) is 7.86. The normalized spacial score (nSPS) is 11.7. The lowest BCUT2D eigenvalue weighted by atomic mass is 10.1. The van der Waals surface area contributed by atoms with Crippen molar-refractivity contribution in [1.82, 2.24) is 4.98 Å². The minimum Gasteiger partial charge on any atom is -0.365 e. The molecule has 1 amide bonds. The van der Waals surface area contributed by atoms with E-state index >= 15 is 0 Å². The number of carbonyl (C=O) groups is 1. The lowest BCUT2D eigenvalue weighted by Gasteiger charge is -2.20. The summed E-state index contributed by atoms with van der Waals surface area (Å²) in [5.74, 6) is -7.74. The van der Waals surface area contributed by atoms with E-state index in [1.54, 1.807) is 48.5 Å². The molecule has 2 aromatic carbocycles. The van der Waals surface area contributed by atoms with Crippen molar-refractivity contribution in [2.45, 2.75) is 6.04 Å². The second-order valence-corrected chi connectivity index (χ2v) is 5.54. The largest absolute Gasteiger partial charge is 0.365 e. The van der Waals surface area contributed by atoms with Gasteiger partial charge in [0.25, 0.3) is 17.8 Å². The summed E-state index contributed by atoms with van der Waals surface area (Å²) in [5, 5.41) is 4.83. The van der Waals surface area contributed by atoms with E-state index in [1.807, 2.05) is 0 Å². The molecule has 0 radical (unpaired) electrons. The van der Waals surface area contributed by atoms with Gasteiger partial charge in [0.2, 0.25) is 11.6 Å². The zero-order valence-electron chi connectivity index (χ0n) is 13.7. The molecular weight excluding hydrogens is 362 g/mol. The summed E-state index contributed by atoms with van der Waals surface area (Å²) in [6.07, 6.45) is 0. The molecule has 0 bridgehead atoms. The Bertz CT molecular complexity index is 926. The van der Waals surface area contributed by atoms with Crippen LogP contribution in [0.4, 0.5) is 28.9 Å². The number of aromatic nitrogens is 1. The molecule has 3 rings (SSSR count). The third-order valence-electron chi connectivity index (χ3n) is 3.72. The molecule has 1 atom stereocenters. The maximum Gasteiger partial charge on any atom is 0.253 e. The summed E-state index contributed by atoms with van der Waals surface area (Å²) in [6, 6.07) is 15.0. The Labute approximate surface area is 151 Å². The molecule has 1 heterocycles. The number of benzene rings is 2. The van der Waals surface area contributed by atoms with Gasteiger partial charge in [-0.05, 0) is 17.7 Å². The lowest BCUT2D eigenvalue weighted by Crippen LogP contribution is -2.28. The molecule has 27 heavy (non-hydrogen) atoms. The highest BCUT2D eigenvalue weighted by molar-refractivity contribution is 5.97. The van der Waals surface area contributed by atoms with Crippen molar-refractivity contribution in [2.24, 2.45) is 0 Å². The molecule has 0 aliphatic carbocycles. The first-order valence-electron chi connectivity index (χ1n) is 7.84. The molecule has 1 unspecified atom stereocenters. The number of pyridine rings is 1. The fourth-order valence-corrected chi connectivity index (χ4v) is 2.44. The number of carbonyl (C=O) groups excluding carboxylic acids is 1. The van der Waals surface area contributed by atoms with Crippen LogP contribution in [0.3, 0.4) is 0 Å². The molecule has 0 aliphatic rings. The highest BCUT2D eigenvalue weighted by atomic mass is 19.2. The molecule has 8 heteroatoms. The van der Waals surface area contributed by atoms with Crippen LogP contribution in [-0.4, -0.2) is 10.9 Å². The molecule has 0 saturated heterocycles. The quantitative estimate of drug-likeness (QED) is 0.512. The van der Waals surface area contributed by atoms with E-state index in [4.69, 9.17) is 0 Å². The van der Waals surface area contributed by atoms with Gasteiger partial charge in [-0.2, -0.15) is 22.5 Å². The molecule has 0 spiro atoms. The number of halogens is 4. The SMILES string of the molecule is O=C(Nc1ccccc1)C(Nc1c(F)c(F)nc(F)c1F)c1ccccc1. The summed E-state index contributed by atoms with van der Waals surface area (Å²) in [7, 11) is 0. The predicted octanol–water partition coefficient (Wildman–Crippen LogP) is 4.43. The number of hydrogen-bond donors (Lipinski definition) is 2. The third-order valence-corrected chi connectivity index (χ3v) is 3.72. The Morgan fingerprint density at radius 2 is 1.33 bits per heavy atom. The van der Waals surface area contributed by atoms with Gasteiger partial charge in [0, 0.05) is 5.69 Å². The van der Waals surface area contributed by atoms with Crippen molar-refractivity contribution in [3.8, 4) is 0 Å². The Hall–Kier alpha value is -3.42. The second-order valence-electron chi connectivity index (χ2n) is 5.54. The number of amides is 1. The van der Waals surface area contributed by atoms with Gasteiger partial charge in [-0.15, -0.1) is 0 Å². The Kier molecular flexibility index (Phi) is 5.35. The molecule has 1 aromatic heterocycles. The van der Waals surface area contributed by atoms with Crippen LogP contribution in [0.5, 0.6) is 0 Å². The van der Waals surface area contributed by atoms with Crippen LogP contribution in [-0.2, 0) is 4.79 Å². The average molecular weight is 375 g/mol. The fraction of sp³-hybridized carbons (Fsp3) is 0.0526. The van der Waals surface area contributed by atoms with Gasteiger partial charge in [-0.25, -0.2) is 0 Å². The molecule has 0 aliphatic heterocycles. The number of nitrogens with one attached hydrogen (secondary N) is 2. The van der Waals surface area contributed by atoms with Gasteiger partial charge in [0.05, 0.1) is 0 Å². The minimum atomic E-state index is -1.81. The van der Waals surface area contributed by atoms with Gasteiger partial charge in [-0.3, -0.25) is 4.79 Å². The average Bonchev–Trinajstić information content (AvgIpc) is 2.68. The van der Waals surface area contributed by atoms with Crippen molar-refractivity contribution >= 4 is 17.3 Å². The Balaban J connectivity index is 1.98. The molecule has 4 nitrogen and oxygen atoms in total. The van der Waals surface area contributed by atoms with E-state index in [0.717, 1.165) is 0 Å². The molecule has 3 aromatic rings. The highest BCUT2D eigenvalue weighted by Gasteiger charge is 2.27. The lowest BCUT2D eigenvalue weighted by molar-refractivity contribution is -0.117. The van der Waals surface area contributed by atoms with Crippen molar-refractivity contribution in [3.63, 3.8) is 0 Å². The zero-order valence-corrected chi connectivity index (χ0v) is 13.7. The predicted molar refractivity (Wildman–Crippen MR) is 91.9 cm³/mol. The van der Waals surface area contributed by atoms with Gasteiger partial charge in [0.1, 0.15) is 11.7 Å². The number of para-hydroxylation sites is 1. The van der Waals surface area contributed by atoms with Gasteiger partial charge >= 0.3 is 0 Å². The van der Waals surface area contributed by atoms with Crippen molar-refractivity contribution < 1.29 is 22.4 Å². The monoisotopic (exact) mass is 375 g/mol. The van der Waals surface area contributed by atoms with Crippen molar-refractivity contribution in [2.75, 3.05) is 10.6 Å². The van der Waals surface area contributed by atoms with Crippen molar-refractivity contribution in [3.05, 3.63) is 89.8 Å². The molecule has 2 N–H and O–H groups in total. The van der Waals surface area contributed by atoms with Gasteiger partial charge in [-0.1, -0.05) is 48.5 Å². The molecule has 0 fully saturated rings. The summed E-state index contributed by atoms with van der Waals surface area (Å²) >= 11 is 0. The molecular formula is C19H13F4N3O. The van der Waals surface area contributed by atoms with E-state index in [0.29, 0.717) is 11.3 Å². The van der Waals surface area contributed by atoms with E-state index in [9.17, 15) is 22.4 Å². The number of rotatable bonds is 5. The maximum absolute atomic E-state index is 14.0. The maximum atomic E-state index is 14.0. The molecule has 0 saturated carbocycles. The summed E-state index contributed by atoms with van der Waals surface area (Å²) in [6.45, 7) is 0. The van der Waals surface area contributed by atoms with Crippen LogP contribution in [0.15, 0.2) is 60.7 Å². The Morgan fingerprint density at radius 1 is 0.815 bits per heavy atom. The first kappa shape index (κ1) is 18.4. The van der Waals surface area contributed by atoms with E-state index in [2.05, 4.69) is 15.6 Å². The topological polar surface area (TPSA) is 54.0 Å². The zero-order chi connectivity index (χ0) is 19.4. The summed E-state index contributed by atoms with van der Waals surface area (Å²) in [5.41, 5.74) is -0.335. The van der Waals surface area contributed by atoms with Crippen LogP contribution in [0.2, 0.25) is 0 Å². The summed E-state index contributed by atoms with van der Waals surface area (Å²) < 4.78 is 54.7. The van der Waals surface area contributed by atoms with E-state index in [-0.39, 0.29) is 0 Å². The first-order valence-corrected chi connectivity index (χ1v) is 7.84. The van der Waals surface area contributed by atoms with Crippen molar-refractivity contribution in [1.29, 1.82) is 0 Å². The van der Waals surface area contributed by atoms with Crippen LogP contribution < -0.4 is 10.6 Å². The first-order chi connectivity index (χ1) is 13.0. The fourth-order valence-electron chi connectivity index (χ4n) is 2.44. The van der Waals surface area contributed by atoms with Crippen LogP contribution in [0.1, 0.15) is 11.6 Å². The minimum absolute atomic E-state index is 0.336. The third kappa shape index (κ3) is 4.05. The van der Waals surface area contributed by atoms with E-state index in [1.165, 1.54) is 12.1 Å². The Morgan fingerprint density at radius 3 is 1.89 bits per heavy atom. The number of hydrogen-bond acceptors (Lipinski definition) is 3. The standard InChI is InChI=1S/C19H13F4N3O/c20-13-16(14(21)18(23)26-17(13)22)25-15(11-7-3-1-4-8-11)19(27)24-12-9-5-2-6-10-12/h1-10,15H,(H,24,27)(H,25,26). The number of anilines is 2. The molecule has 138 valence electrons. The van der Waals surface area contributed by atoms with Crippen LogP contribution in [0, 0.1) is 23.5 Å². The van der Waals surface area contributed by atoms with Gasteiger partial charge < -0.3 is 10.6 Å². The van der Waals surface area contributed by atoms with Crippen LogP contribution >= 0.6 is 0 Å². The smallest absolute Gasteiger partial charge is 0.253 e.